The van der Waals surface area contributed by atoms with Gasteiger partial charge in [-0.2, -0.15) is 0 Å². The van der Waals surface area contributed by atoms with Crippen LogP contribution in [0, 0.1) is 0 Å². The van der Waals surface area contributed by atoms with Crippen LogP contribution in [0.2, 0.25) is 0 Å². The molecule has 4 nitrogen and oxygen atoms in total. The lowest BCUT2D eigenvalue weighted by molar-refractivity contribution is 0.143. The fourth-order valence-electron chi connectivity index (χ4n) is 2.69. The molecule has 1 aromatic carbocycles. The van der Waals surface area contributed by atoms with Gasteiger partial charge in [0.15, 0.2) is 0 Å². The predicted octanol–water partition coefficient (Wildman–Crippen LogP) is 4.61. The van der Waals surface area contributed by atoms with Gasteiger partial charge in [0.2, 0.25) is 0 Å². The number of hydrogen-bond acceptors (Lipinski definition) is 4. The molecule has 24 heavy (non-hydrogen) atoms. The van der Waals surface area contributed by atoms with Gasteiger partial charge >= 0.3 is 0 Å². The first-order valence-corrected chi connectivity index (χ1v) is 9.47. The van der Waals surface area contributed by atoms with Gasteiger partial charge in [-0.25, -0.2) is 0 Å². The van der Waals surface area contributed by atoms with Gasteiger partial charge in [0.05, 0.1) is 0 Å². The zero-order valence-electron chi connectivity index (χ0n) is 15.5. The van der Waals surface area contributed by atoms with Crippen molar-refractivity contribution < 1.29 is 14.6 Å². The van der Waals surface area contributed by atoms with Crippen molar-refractivity contribution in [2.24, 2.45) is 0 Å². The Morgan fingerprint density at radius 3 is 1.71 bits per heavy atom. The summed E-state index contributed by atoms with van der Waals surface area (Å²) < 4.78 is 10.8. The molecule has 0 saturated heterocycles. The Labute approximate surface area is 147 Å². The molecule has 0 fully saturated rings. The topological polar surface area (TPSA) is 41.9 Å². The number of anilines is 1. The minimum Gasteiger partial charge on any atom is -0.508 e. The van der Waals surface area contributed by atoms with E-state index in [1.807, 2.05) is 26.0 Å². The number of ether oxygens (including phenoxy) is 2. The van der Waals surface area contributed by atoms with Crippen LogP contribution in [-0.4, -0.2) is 44.6 Å². The number of benzene rings is 1. The fourth-order valence-corrected chi connectivity index (χ4v) is 2.69. The second-order valence-corrected chi connectivity index (χ2v) is 6.02. The Morgan fingerprint density at radius 2 is 1.25 bits per heavy atom. The van der Waals surface area contributed by atoms with Gasteiger partial charge in [-0.15, -0.1) is 0 Å². The molecular weight excluding hydrogens is 302 g/mol. The Morgan fingerprint density at radius 1 is 0.750 bits per heavy atom. The Balaban J connectivity index is 2.34. The molecule has 0 saturated carbocycles. The van der Waals surface area contributed by atoms with Crippen molar-refractivity contribution in [2.75, 3.05) is 44.4 Å². The number of aromatic hydroxyl groups is 1. The average Bonchev–Trinajstić information content (AvgIpc) is 2.60. The molecule has 1 N–H and O–H groups in total. The van der Waals surface area contributed by atoms with Crippen LogP contribution >= 0.6 is 0 Å². The summed E-state index contributed by atoms with van der Waals surface area (Å²) in [5.74, 6) is 0.326. The molecule has 138 valence electrons. The molecule has 0 aliphatic heterocycles. The van der Waals surface area contributed by atoms with E-state index in [0.29, 0.717) is 5.75 Å². The first-order valence-electron chi connectivity index (χ1n) is 9.47. The maximum absolute atomic E-state index is 9.49. The Kier molecular flexibility index (Phi) is 12.2. The number of unbranched alkanes of at least 4 members (excludes halogenated alkanes) is 4. The van der Waals surface area contributed by atoms with Gasteiger partial charge in [-0.1, -0.05) is 0 Å². The van der Waals surface area contributed by atoms with Crippen molar-refractivity contribution in [3.05, 3.63) is 24.3 Å². The van der Waals surface area contributed by atoms with Crippen molar-refractivity contribution in [1.29, 1.82) is 0 Å². The van der Waals surface area contributed by atoms with Crippen LogP contribution in [0.15, 0.2) is 24.3 Å². The normalized spacial score (nSPS) is 10.9. The monoisotopic (exact) mass is 337 g/mol. The molecule has 0 aliphatic carbocycles. The van der Waals surface area contributed by atoms with Crippen LogP contribution in [0.1, 0.15) is 52.4 Å². The minimum absolute atomic E-state index is 0.326. The lowest BCUT2D eigenvalue weighted by Gasteiger charge is -2.25. The van der Waals surface area contributed by atoms with E-state index in [4.69, 9.17) is 9.47 Å². The third-order valence-corrected chi connectivity index (χ3v) is 4.06. The summed E-state index contributed by atoms with van der Waals surface area (Å²) in [6.45, 7) is 9.55. The van der Waals surface area contributed by atoms with Gasteiger partial charge in [0, 0.05) is 45.2 Å². The summed E-state index contributed by atoms with van der Waals surface area (Å²) in [7, 11) is 0. The molecule has 0 bridgehead atoms. The van der Waals surface area contributed by atoms with E-state index in [1.165, 1.54) is 31.4 Å². The molecule has 4 heteroatoms. The zero-order chi connectivity index (χ0) is 17.5. The summed E-state index contributed by atoms with van der Waals surface area (Å²) in [5.41, 5.74) is 1.20. The predicted molar refractivity (Wildman–Crippen MR) is 101 cm³/mol. The number of phenols is 1. The Bertz CT molecular complexity index is 378. The number of rotatable bonds is 15. The van der Waals surface area contributed by atoms with E-state index in [1.54, 1.807) is 12.1 Å². The summed E-state index contributed by atoms with van der Waals surface area (Å²) in [6, 6.07) is 7.56. The van der Waals surface area contributed by atoms with Crippen LogP contribution in [-0.2, 0) is 9.47 Å². The van der Waals surface area contributed by atoms with Crippen molar-refractivity contribution in [1.82, 2.24) is 0 Å². The fraction of sp³-hybridized carbons (Fsp3) is 0.700. The van der Waals surface area contributed by atoms with Crippen LogP contribution in [0.4, 0.5) is 5.69 Å². The quantitative estimate of drug-likeness (QED) is 0.475. The van der Waals surface area contributed by atoms with E-state index >= 15 is 0 Å². The molecule has 0 aliphatic rings. The average molecular weight is 338 g/mol. The van der Waals surface area contributed by atoms with Gasteiger partial charge in [-0.05, 0) is 76.6 Å². The van der Waals surface area contributed by atoms with Crippen molar-refractivity contribution in [3.8, 4) is 5.75 Å². The van der Waals surface area contributed by atoms with E-state index in [9.17, 15) is 5.11 Å². The van der Waals surface area contributed by atoms with Crippen LogP contribution in [0.3, 0.4) is 0 Å². The minimum atomic E-state index is 0.326. The van der Waals surface area contributed by atoms with Gasteiger partial charge in [-0.3, -0.25) is 0 Å². The SMILES string of the molecule is CCOCCCCCN(CCCCCOCC)c1ccc(O)cc1. The Hall–Kier alpha value is -1.26. The van der Waals surface area contributed by atoms with Crippen molar-refractivity contribution in [2.45, 2.75) is 52.4 Å². The lowest BCUT2D eigenvalue weighted by atomic mass is 10.2. The number of nitrogens with zero attached hydrogens (tertiary/aromatic N) is 1. The van der Waals surface area contributed by atoms with E-state index in [0.717, 1.165) is 52.4 Å². The van der Waals surface area contributed by atoms with Crippen LogP contribution < -0.4 is 4.90 Å². The first kappa shape index (κ1) is 20.8. The maximum Gasteiger partial charge on any atom is 0.115 e. The highest BCUT2D eigenvalue weighted by molar-refractivity contribution is 5.48. The molecule has 0 atom stereocenters. The molecule has 0 heterocycles. The molecule has 0 amide bonds. The highest BCUT2D eigenvalue weighted by Gasteiger charge is 2.06. The summed E-state index contributed by atoms with van der Waals surface area (Å²) in [5, 5.41) is 9.49. The molecule has 0 aromatic heterocycles. The molecule has 0 radical (unpaired) electrons. The smallest absolute Gasteiger partial charge is 0.115 e. The second kappa shape index (κ2) is 14.1. The van der Waals surface area contributed by atoms with Gasteiger partial charge in [0.1, 0.15) is 5.75 Å². The van der Waals surface area contributed by atoms with Gasteiger partial charge in [0.25, 0.3) is 0 Å². The molecular formula is C20H35NO3. The maximum atomic E-state index is 9.49. The standard InChI is InChI=1S/C20H35NO3/c1-3-23-17-9-5-7-15-21(16-8-6-10-18-24-4-2)19-11-13-20(22)14-12-19/h11-14,22H,3-10,15-18H2,1-2H3. The molecule has 0 unspecified atom stereocenters. The molecule has 1 aromatic rings. The first-order chi connectivity index (χ1) is 11.8. The second-order valence-electron chi connectivity index (χ2n) is 6.02. The summed E-state index contributed by atoms with van der Waals surface area (Å²) in [6.07, 6.45) is 6.99. The molecule has 0 spiro atoms. The van der Waals surface area contributed by atoms with E-state index in [2.05, 4.69) is 4.90 Å². The molecule has 1 rings (SSSR count). The largest absolute Gasteiger partial charge is 0.508 e. The van der Waals surface area contributed by atoms with E-state index in [-0.39, 0.29) is 0 Å². The third-order valence-electron chi connectivity index (χ3n) is 4.06. The number of phenolic OH excluding ortho intramolecular Hbond substituents is 1. The van der Waals surface area contributed by atoms with Gasteiger partial charge < -0.3 is 19.5 Å². The van der Waals surface area contributed by atoms with Crippen LogP contribution in [0.5, 0.6) is 5.75 Å². The summed E-state index contributed by atoms with van der Waals surface area (Å²) in [4.78, 5) is 2.43. The lowest BCUT2D eigenvalue weighted by Crippen LogP contribution is -2.25. The third kappa shape index (κ3) is 9.78. The van der Waals surface area contributed by atoms with Crippen molar-refractivity contribution >= 4 is 5.69 Å². The van der Waals surface area contributed by atoms with Crippen molar-refractivity contribution in [3.63, 3.8) is 0 Å². The highest BCUT2D eigenvalue weighted by Crippen LogP contribution is 2.20. The zero-order valence-corrected chi connectivity index (χ0v) is 15.5. The van der Waals surface area contributed by atoms with E-state index < -0.39 is 0 Å². The highest BCUT2D eigenvalue weighted by atomic mass is 16.5. The number of hydrogen-bond donors (Lipinski definition) is 1. The van der Waals surface area contributed by atoms with Crippen LogP contribution in [0.25, 0.3) is 0 Å². The summed E-state index contributed by atoms with van der Waals surface area (Å²) >= 11 is 0.